The molecule has 0 N–H and O–H groups in total. The summed E-state index contributed by atoms with van der Waals surface area (Å²) in [7, 11) is 0. The normalized spacial score (nSPS) is 19.0. The lowest BCUT2D eigenvalue weighted by molar-refractivity contribution is -0.137. The number of aromatic nitrogens is 2. The molecule has 29 heavy (non-hydrogen) atoms. The Bertz CT molecular complexity index is 795. The molecular formula is C23H29N5O. The Kier molecular flexibility index (Phi) is 6.52. The van der Waals surface area contributed by atoms with Gasteiger partial charge in [-0.25, -0.2) is 4.98 Å². The molecule has 1 amide bonds. The third-order valence-corrected chi connectivity index (χ3v) is 5.88. The van der Waals surface area contributed by atoms with Crippen molar-refractivity contribution in [2.24, 2.45) is 5.92 Å². The van der Waals surface area contributed by atoms with Gasteiger partial charge in [-0.05, 0) is 18.4 Å². The van der Waals surface area contributed by atoms with Crippen molar-refractivity contribution >= 4 is 17.8 Å². The largest absolute Gasteiger partial charge is 0.355 e. The molecule has 0 radical (unpaired) electrons. The first-order valence-corrected chi connectivity index (χ1v) is 10.5. The highest BCUT2D eigenvalue weighted by Crippen LogP contribution is 2.23. The predicted molar refractivity (Wildman–Crippen MR) is 115 cm³/mol. The highest BCUT2D eigenvalue weighted by molar-refractivity contribution is 5.79. The van der Waals surface area contributed by atoms with E-state index in [2.05, 4.69) is 61.1 Å². The van der Waals surface area contributed by atoms with Crippen LogP contribution < -0.4 is 4.90 Å². The molecule has 2 fully saturated rings. The molecule has 3 heterocycles. The summed E-state index contributed by atoms with van der Waals surface area (Å²) < 4.78 is 0. The smallest absolute Gasteiger partial charge is 0.225 e. The molecule has 2 saturated heterocycles. The SMILES string of the molecule is O=C(C1CCN(c2cnccn2)CC1)N1CCN(C/C=C/c2ccccc2)CC1. The summed E-state index contributed by atoms with van der Waals surface area (Å²) in [5.74, 6) is 1.39. The van der Waals surface area contributed by atoms with Gasteiger partial charge in [0.1, 0.15) is 5.82 Å². The number of carbonyl (C=O) groups is 1. The zero-order chi connectivity index (χ0) is 19.9. The van der Waals surface area contributed by atoms with Crippen LogP contribution in [0, 0.1) is 5.92 Å². The fourth-order valence-corrected chi connectivity index (χ4v) is 4.12. The van der Waals surface area contributed by atoms with Crippen molar-refractivity contribution in [1.29, 1.82) is 0 Å². The lowest BCUT2D eigenvalue weighted by atomic mass is 9.95. The molecule has 1 aromatic carbocycles. The zero-order valence-corrected chi connectivity index (χ0v) is 16.9. The first-order chi connectivity index (χ1) is 14.3. The molecule has 0 spiro atoms. The average Bonchev–Trinajstić information content (AvgIpc) is 2.80. The van der Waals surface area contributed by atoms with Crippen LogP contribution in [-0.2, 0) is 4.79 Å². The van der Waals surface area contributed by atoms with Crippen LogP contribution in [-0.4, -0.2) is 71.5 Å². The van der Waals surface area contributed by atoms with Crippen LogP contribution >= 0.6 is 0 Å². The number of benzene rings is 1. The van der Waals surface area contributed by atoms with Gasteiger partial charge < -0.3 is 9.80 Å². The molecule has 6 heteroatoms. The van der Waals surface area contributed by atoms with E-state index in [1.807, 2.05) is 6.07 Å². The van der Waals surface area contributed by atoms with E-state index in [1.165, 1.54) is 5.56 Å². The lowest BCUT2D eigenvalue weighted by Gasteiger charge is -2.38. The average molecular weight is 392 g/mol. The highest BCUT2D eigenvalue weighted by Gasteiger charge is 2.30. The van der Waals surface area contributed by atoms with Crippen molar-refractivity contribution in [2.75, 3.05) is 50.7 Å². The first kappa shape index (κ1) is 19.6. The van der Waals surface area contributed by atoms with Gasteiger partial charge in [0.05, 0.1) is 6.20 Å². The molecule has 6 nitrogen and oxygen atoms in total. The maximum atomic E-state index is 12.9. The molecule has 4 rings (SSSR count). The van der Waals surface area contributed by atoms with Crippen molar-refractivity contribution in [3.05, 3.63) is 60.6 Å². The van der Waals surface area contributed by atoms with Crippen molar-refractivity contribution in [3.63, 3.8) is 0 Å². The monoisotopic (exact) mass is 391 g/mol. The topological polar surface area (TPSA) is 52.6 Å². The third kappa shape index (κ3) is 5.21. The Morgan fingerprint density at radius 3 is 2.45 bits per heavy atom. The second-order valence-corrected chi connectivity index (χ2v) is 7.76. The first-order valence-electron chi connectivity index (χ1n) is 10.5. The van der Waals surface area contributed by atoms with Gasteiger partial charge in [0.15, 0.2) is 0 Å². The number of piperidine rings is 1. The number of anilines is 1. The van der Waals surface area contributed by atoms with Crippen LogP contribution in [0.2, 0.25) is 0 Å². The lowest BCUT2D eigenvalue weighted by Crippen LogP contribution is -2.51. The summed E-state index contributed by atoms with van der Waals surface area (Å²) >= 11 is 0. The number of hydrogen-bond acceptors (Lipinski definition) is 5. The van der Waals surface area contributed by atoms with Crippen molar-refractivity contribution in [3.8, 4) is 0 Å². The van der Waals surface area contributed by atoms with Crippen LogP contribution in [0.3, 0.4) is 0 Å². The molecule has 0 aliphatic carbocycles. The molecular weight excluding hydrogens is 362 g/mol. The van der Waals surface area contributed by atoms with Gasteiger partial charge in [0.25, 0.3) is 0 Å². The Hall–Kier alpha value is -2.73. The van der Waals surface area contributed by atoms with E-state index in [1.54, 1.807) is 18.6 Å². The molecule has 0 atom stereocenters. The third-order valence-electron chi connectivity index (χ3n) is 5.88. The fraction of sp³-hybridized carbons (Fsp3) is 0.435. The second-order valence-electron chi connectivity index (χ2n) is 7.76. The summed E-state index contributed by atoms with van der Waals surface area (Å²) in [5, 5.41) is 0. The van der Waals surface area contributed by atoms with E-state index < -0.39 is 0 Å². The highest BCUT2D eigenvalue weighted by atomic mass is 16.2. The standard InChI is InChI=1S/C23H29N5O/c29-23(21-8-13-27(14-9-21)22-19-24-10-11-25-22)28-17-15-26(16-18-28)12-4-7-20-5-2-1-3-6-20/h1-7,10-11,19,21H,8-9,12-18H2/b7-4+. The minimum atomic E-state index is 0.146. The summed E-state index contributed by atoms with van der Waals surface area (Å²) in [6.07, 6.45) is 11.4. The molecule has 152 valence electrons. The van der Waals surface area contributed by atoms with Gasteiger partial charge in [-0.15, -0.1) is 0 Å². The predicted octanol–water partition coefficient (Wildman–Crippen LogP) is 2.55. The van der Waals surface area contributed by atoms with Crippen molar-refractivity contribution < 1.29 is 4.79 Å². The molecule has 0 bridgehead atoms. The number of piperazine rings is 1. The van der Waals surface area contributed by atoms with E-state index in [0.717, 1.165) is 64.5 Å². The molecule has 2 aliphatic rings. The number of carbonyl (C=O) groups excluding carboxylic acids is 1. The summed E-state index contributed by atoms with van der Waals surface area (Å²) in [6.45, 7) is 6.25. The quantitative estimate of drug-likeness (QED) is 0.784. The van der Waals surface area contributed by atoms with E-state index in [4.69, 9.17) is 0 Å². The van der Waals surface area contributed by atoms with Gasteiger partial charge in [-0.3, -0.25) is 14.7 Å². The molecule has 2 aromatic rings. The maximum absolute atomic E-state index is 12.9. The maximum Gasteiger partial charge on any atom is 0.225 e. The molecule has 2 aliphatic heterocycles. The van der Waals surface area contributed by atoms with Crippen LogP contribution in [0.1, 0.15) is 18.4 Å². The Morgan fingerprint density at radius 2 is 1.76 bits per heavy atom. The van der Waals surface area contributed by atoms with E-state index in [0.29, 0.717) is 5.91 Å². The number of hydrogen-bond donors (Lipinski definition) is 0. The van der Waals surface area contributed by atoms with Crippen LogP contribution in [0.5, 0.6) is 0 Å². The van der Waals surface area contributed by atoms with Gasteiger partial charge in [-0.2, -0.15) is 0 Å². The summed E-state index contributed by atoms with van der Waals surface area (Å²) in [6, 6.07) is 10.4. The zero-order valence-electron chi connectivity index (χ0n) is 16.9. The van der Waals surface area contributed by atoms with Gasteiger partial charge >= 0.3 is 0 Å². The number of nitrogens with zero attached hydrogens (tertiary/aromatic N) is 5. The molecule has 0 unspecified atom stereocenters. The fourth-order valence-electron chi connectivity index (χ4n) is 4.12. The second kappa shape index (κ2) is 9.65. The van der Waals surface area contributed by atoms with Crippen LogP contribution in [0.4, 0.5) is 5.82 Å². The van der Waals surface area contributed by atoms with Crippen molar-refractivity contribution in [1.82, 2.24) is 19.8 Å². The van der Waals surface area contributed by atoms with E-state index in [9.17, 15) is 4.79 Å². The molecule has 1 aromatic heterocycles. The molecule has 0 saturated carbocycles. The Balaban J connectivity index is 1.20. The Labute approximate surface area is 172 Å². The minimum Gasteiger partial charge on any atom is -0.355 e. The van der Waals surface area contributed by atoms with E-state index >= 15 is 0 Å². The van der Waals surface area contributed by atoms with Gasteiger partial charge in [0, 0.05) is 64.1 Å². The van der Waals surface area contributed by atoms with Crippen LogP contribution in [0.15, 0.2) is 55.0 Å². The minimum absolute atomic E-state index is 0.146. The summed E-state index contributed by atoms with van der Waals surface area (Å²) in [5.41, 5.74) is 1.23. The van der Waals surface area contributed by atoms with Gasteiger partial charge in [0.2, 0.25) is 5.91 Å². The van der Waals surface area contributed by atoms with E-state index in [-0.39, 0.29) is 5.92 Å². The summed E-state index contributed by atoms with van der Waals surface area (Å²) in [4.78, 5) is 28.2. The van der Waals surface area contributed by atoms with Crippen LogP contribution in [0.25, 0.3) is 6.08 Å². The Morgan fingerprint density at radius 1 is 1.00 bits per heavy atom. The van der Waals surface area contributed by atoms with Crippen molar-refractivity contribution in [2.45, 2.75) is 12.8 Å². The van der Waals surface area contributed by atoms with Gasteiger partial charge in [-0.1, -0.05) is 42.5 Å². The number of amides is 1. The number of rotatable bonds is 5.